The van der Waals surface area contributed by atoms with Crippen LogP contribution < -0.4 is 10.5 Å². The zero-order chi connectivity index (χ0) is 11.4. The summed E-state index contributed by atoms with van der Waals surface area (Å²) in [6.45, 7) is 2.03. The quantitative estimate of drug-likeness (QED) is 0.924. The summed E-state index contributed by atoms with van der Waals surface area (Å²) in [5.74, 6) is 0.854. The summed E-state index contributed by atoms with van der Waals surface area (Å²) in [5, 5.41) is 0. The summed E-state index contributed by atoms with van der Waals surface area (Å²) in [6, 6.07) is 5.92. The van der Waals surface area contributed by atoms with Crippen LogP contribution in [0.1, 0.15) is 18.4 Å². The first-order chi connectivity index (χ1) is 7.79. The lowest BCUT2D eigenvalue weighted by Gasteiger charge is -2.13. The molecule has 0 spiro atoms. The third-order valence-electron chi connectivity index (χ3n) is 2.68. The van der Waals surface area contributed by atoms with E-state index in [1.54, 1.807) is 0 Å². The normalized spacial score (nSPS) is 20.0. The van der Waals surface area contributed by atoms with Crippen molar-refractivity contribution in [1.29, 1.82) is 0 Å². The Morgan fingerprint density at radius 1 is 1.50 bits per heavy atom. The van der Waals surface area contributed by atoms with Crippen LogP contribution in [-0.4, -0.2) is 19.3 Å². The van der Waals surface area contributed by atoms with Gasteiger partial charge in [0.25, 0.3) is 0 Å². The van der Waals surface area contributed by atoms with E-state index in [-0.39, 0.29) is 6.10 Å². The minimum atomic E-state index is 0.251. The predicted molar refractivity (Wildman–Crippen MR) is 66.5 cm³/mol. The molecular weight excluding hydrogens is 270 g/mol. The average Bonchev–Trinajstić information content (AvgIpc) is 2.80. The highest BCUT2D eigenvalue weighted by Gasteiger charge is 2.16. The molecule has 0 bridgehead atoms. The summed E-state index contributed by atoms with van der Waals surface area (Å²) in [7, 11) is 0. The second-order valence-electron chi connectivity index (χ2n) is 3.91. The number of ether oxygens (including phenoxy) is 2. The molecule has 1 unspecified atom stereocenters. The van der Waals surface area contributed by atoms with Crippen LogP contribution in [0, 0.1) is 0 Å². The minimum absolute atomic E-state index is 0.251. The molecule has 1 aromatic carbocycles. The molecule has 1 atom stereocenters. The molecule has 1 saturated heterocycles. The van der Waals surface area contributed by atoms with Gasteiger partial charge in [0.05, 0.1) is 10.6 Å². The highest BCUT2D eigenvalue weighted by molar-refractivity contribution is 9.10. The molecule has 1 heterocycles. The lowest BCUT2D eigenvalue weighted by Crippen LogP contribution is -2.16. The molecule has 0 amide bonds. The maximum atomic E-state index is 5.71. The summed E-state index contributed by atoms with van der Waals surface area (Å²) in [6.07, 6.45) is 2.49. The fraction of sp³-hybridized carbons (Fsp3) is 0.500. The van der Waals surface area contributed by atoms with E-state index in [0.29, 0.717) is 13.2 Å². The molecule has 2 N–H and O–H groups in total. The van der Waals surface area contributed by atoms with Crippen LogP contribution in [0.5, 0.6) is 5.75 Å². The van der Waals surface area contributed by atoms with Crippen LogP contribution >= 0.6 is 15.9 Å². The second kappa shape index (κ2) is 5.66. The van der Waals surface area contributed by atoms with E-state index in [4.69, 9.17) is 15.2 Å². The summed E-state index contributed by atoms with van der Waals surface area (Å²) in [5.41, 5.74) is 6.65. The van der Waals surface area contributed by atoms with Gasteiger partial charge < -0.3 is 15.2 Å². The molecular formula is C12H16BrNO2. The zero-order valence-electron chi connectivity index (χ0n) is 9.12. The van der Waals surface area contributed by atoms with Gasteiger partial charge in [0, 0.05) is 13.2 Å². The highest BCUT2D eigenvalue weighted by atomic mass is 79.9. The van der Waals surface area contributed by atoms with Crippen LogP contribution in [0.4, 0.5) is 0 Å². The van der Waals surface area contributed by atoms with Gasteiger partial charge in [-0.25, -0.2) is 0 Å². The van der Waals surface area contributed by atoms with Crippen LogP contribution in [0.25, 0.3) is 0 Å². The van der Waals surface area contributed by atoms with Gasteiger partial charge >= 0.3 is 0 Å². The van der Waals surface area contributed by atoms with E-state index in [2.05, 4.69) is 15.9 Å². The third-order valence-corrected chi connectivity index (χ3v) is 3.30. The number of hydrogen-bond donors (Lipinski definition) is 1. The fourth-order valence-electron chi connectivity index (χ4n) is 1.75. The molecule has 16 heavy (non-hydrogen) atoms. The molecule has 3 nitrogen and oxygen atoms in total. The molecule has 1 fully saturated rings. The van der Waals surface area contributed by atoms with Gasteiger partial charge in [-0.3, -0.25) is 0 Å². The monoisotopic (exact) mass is 285 g/mol. The average molecular weight is 286 g/mol. The molecule has 1 aliphatic rings. The Balaban J connectivity index is 1.93. The van der Waals surface area contributed by atoms with Crippen LogP contribution in [0.2, 0.25) is 0 Å². The van der Waals surface area contributed by atoms with Crippen molar-refractivity contribution in [2.24, 2.45) is 5.73 Å². The Labute approximate surface area is 104 Å². The Bertz CT molecular complexity index is 351. The van der Waals surface area contributed by atoms with E-state index in [0.717, 1.165) is 35.2 Å². The number of halogens is 1. The lowest BCUT2D eigenvalue weighted by atomic mass is 10.2. The molecule has 0 saturated carbocycles. The standard InChI is InChI=1S/C12H16BrNO2/c13-11-6-9(7-14)3-4-12(11)16-8-10-2-1-5-15-10/h3-4,6,10H,1-2,5,7-8,14H2. The Kier molecular flexibility index (Phi) is 4.21. The lowest BCUT2D eigenvalue weighted by molar-refractivity contribution is 0.0677. The maximum absolute atomic E-state index is 5.71. The fourth-order valence-corrected chi connectivity index (χ4v) is 2.29. The van der Waals surface area contributed by atoms with Gasteiger partial charge in [0.15, 0.2) is 0 Å². The van der Waals surface area contributed by atoms with E-state index < -0.39 is 0 Å². The second-order valence-corrected chi connectivity index (χ2v) is 4.77. The van der Waals surface area contributed by atoms with E-state index in [1.165, 1.54) is 0 Å². The van der Waals surface area contributed by atoms with Gasteiger partial charge in [-0.05, 0) is 46.5 Å². The summed E-state index contributed by atoms with van der Waals surface area (Å²) in [4.78, 5) is 0. The van der Waals surface area contributed by atoms with Crippen molar-refractivity contribution in [3.8, 4) is 5.75 Å². The molecule has 0 aliphatic carbocycles. The summed E-state index contributed by atoms with van der Waals surface area (Å²) < 4.78 is 12.2. The Hall–Kier alpha value is -0.580. The van der Waals surface area contributed by atoms with Crippen molar-refractivity contribution in [2.45, 2.75) is 25.5 Å². The highest BCUT2D eigenvalue weighted by Crippen LogP contribution is 2.26. The first-order valence-corrected chi connectivity index (χ1v) is 6.32. The topological polar surface area (TPSA) is 44.5 Å². The van der Waals surface area contributed by atoms with Crippen LogP contribution in [0.15, 0.2) is 22.7 Å². The number of rotatable bonds is 4. The third kappa shape index (κ3) is 2.97. The van der Waals surface area contributed by atoms with Gasteiger partial charge in [-0.2, -0.15) is 0 Å². The molecule has 4 heteroatoms. The van der Waals surface area contributed by atoms with E-state index >= 15 is 0 Å². The molecule has 2 rings (SSSR count). The van der Waals surface area contributed by atoms with Crippen LogP contribution in [0.3, 0.4) is 0 Å². The van der Waals surface area contributed by atoms with Gasteiger partial charge in [-0.1, -0.05) is 6.07 Å². The Morgan fingerprint density at radius 3 is 3.00 bits per heavy atom. The largest absolute Gasteiger partial charge is 0.490 e. The molecule has 1 aliphatic heterocycles. The zero-order valence-corrected chi connectivity index (χ0v) is 10.7. The molecule has 0 aromatic heterocycles. The molecule has 0 radical (unpaired) electrons. The minimum Gasteiger partial charge on any atom is -0.490 e. The van der Waals surface area contributed by atoms with Gasteiger partial charge in [0.1, 0.15) is 12.4 Å². The molecule has 88 valence electrons. The molecule has 1 aromatic rings. The SMILES string of the molecule is NCc1ccc(OCC2CCCO2)c(Br)c1. The van der Waals surface area contributed by atoms with E-state index in [1.807, 2.05) is 18.2 Å². The van der Waals surface area contributed by atoms with Gasteiger partial charge in [0.2, 0.25) is 0 Å². The van der Waals surface area contributed by atoms with Crippen molar-refractivity contribution in [3.05, 3.63) is 28.2 Å². The van der Waals surface area contributed by atoms with Crippen molar-refractivity contribution in [2.75, 3.05) is 13.2 Å². The number of hydrogen-bond acceptors (Lipinski definition) is 3. The number of benzene rings is 1. The number of nitrogens with two attached hydrogens (primary N) is 1. The van der Waals surface area contributed by atoms with E-state index in [9.17, 15) is 0 Å². The van der Waals surface area contributed by atoms with Crippen molar-refractivity contribution < 1.29 is 9.47 Å². The van der Waals surface area contributed by atoms with Crippen molar-refractivity contribution in [1.82, 2.24) is 0 Å². The first kappa shape index (κ1) is 11.9. The van der Waals surface area contributed by atoms with Crippen LogP contribution in [-0.2, 0) is 11.3 Å². The summed E-state index contributed by atoms with van der Waals surface area (Å²) >= 11 is 3.48. The van der Waals surface area contributed by atoms with Crippen molar-refractivity contribution >= 4 is 15.9 Å². The smallest absolute Gasteiger partial charge is 0.133 e. The van der Waals surface area contributed by atoms with Gasteiger partial charge in [-0.15, -0.1) is 0 Å². The first-order valence-electron chi connectivity index (χ1n) is 5.52. The van der Waals surface area contributed by atoms with Crippen molar-refractivity contribution in [3.63, 3.8) is 0 Å². The Morgan fingerprint density at radius 2 is 2.38 bits per heavy atom. The predicted octanol–water partition coefficient (Wildman–Crippen LogP) is 2.47. The maximum Gasteiger partial charge on any atom is 0.133 e.